The van der Waals surface area contributed by atoms with Crippen molar-refractivity contribution in [3.05, 3.63) is 125 Å². The predicted molar refractivity (Wildman–Crippen MR) is 188 cm³/mol. The molecular formula is C37H39BrFN3O5S. The summed E-state index contributed by atoms with van der Waals surface area (Å²) in [7, 11) is -4.33. The SMILES string of the molecule is CCOc1ccc(S(=O)(=O)N(CC(=O)N(Cc2ccc(Br)cc2)C(Cc2ccccc2)C(=O)NC2CCCC2)c2ccc(F)cc2)cc1. The molecule has 4 aromatic rings. The molecule has 0 spiro atoms. The summed E-state index contributed by atoms with van der Waals surface area (Å²) in [4.78, 5) is 30.1. The largest absolute Gasteiger partial charge is 0.494 e. The zero-order valence-electron chi connectivity index (χ0n) is 26.7. The van der Waals surface area contributed by atoms with Gasteiger partial charge in [0.25, 0.3) is 10.0 Å². The van der Waals surface area contributed by atoms with E-state index in [2.05, 4.69) is 21.2 Å². The minimum Gasteiger partial charge on any atom is -0.494 e. The molecule has 4 aromatic carbocycles. The van der Waals surface area contributed by atoms with E-state index >= 15 is 0 Å². The van der Waals surface area contributed by atoms with Crippen molar-refractivity contribution in [2.45, 2.75) is 62.6 Å². The number of benzene rings is 4. The lowest BCUT2D eigenvalue weighted by molar-refractivity contribution is -0.140. The van der Waals surface area contributed by atoms with Crippen molar-refractivity contribution in [3.8, 4) is 5.75 Å². The van der Waals surface area contributed by atoms with Gasteiger partial charge in [0.2, 0.25) is 11.8 Å². The molecule has 0 aliphatic heterocycles. The molecule has 5 rings (SSSR count). The fraction of sp³-hybridized carbons (Fsp3) is 0.297. The fourth-order valence-corrected chi connectivity index (χ4v) is 7.52. The zero-order valence-corrected chi connectivity index (χ0v) is 29.1. The Labute approximate surface area is 290 Å². The summed E-state index contributed by atoms with van der Waals surface area (Å²) >= 11 is 3.45. The van der Waals surface area contributed by atoms with Crippen LogP contribution in [-0.4, -0.2) is 50.4 Å². The molecule has 11 heteroatoms. The third-order valence-electron chi connectivity index (χ3n) is 8.36. The Balaban J connectivity index is 1.55. The fourth-order valence-electron chi connectivity index (χ4n) is 5.85. The van der Waals surface area contributed by atoms with Gasteiger partial charge in [-0.25, -0.2) is 12.8 Å². The van der Waals surface area contributed by atoms with E-state index in [-0.39, 0.29) is 35.5 Å². The molecule has 1 saturated carbocycles. The maximum Gasteiger partial charge on any atom is 0.264 e. The van der Waals surface area contributed by atoms with Gasteiger partial charge in [0.15, 0.2) is 0 Å². The Morgan fingerprint density at radius 1 is 0.896 bits per heavy atom. The first-order valence-corrected chi connectivity index (χ1v) is 18.3. The standard InChI is InChI=1S/C37H39BrFN3O5S/c1-2-47-33-20-22-34(23-21-33)48(45,46)42(32-18-16-30(39)17-19-32)26-36(43)41(25-28-12-14-29(38)15-13-28)35(24-27-8-4-3-5-9-27)37(44)40-31-10-6-7-11-31/h3-5,8-9,12-23,31,35H,2,6-7,10-11,24-26H2,1H3,(H,40,44). The number of sulfonamides is 1. The molecule has 2 amide bonds. The summed E-state index contributed by atoms with van der Waals surface area (Å²) in [5.41, 5.74) is 1.73. The number of carbonyl (C=O) groups excluding carboxylic acids is 2. The molecule has 1 unspecified atom stereocenters. The van der Waals surface area contributed by atoms with E-state index in [1.165, 1.54) is 29.2 Å². The van der Waals surface area contributed by atoms with Crippen LogP contribution in [0.2, 0.25) is 0 Å². The number of halogens is 2. The van der Waals surface area contributed by atoms with Crippen LogP contribution >= 0.6 is 15.9 Å². The molecule has 1 atom stereocenters. The van der Waals surface area contributed by atoms with Gasteiger partial charge in [-0.15, -0.1) is 0 Å². The van der Waals surface area contributed by atoms with Crippen molar-refractivity contribution in [2.75, 3.05) is 17.5 Å². The van der Waals surface area contributed by atoms with Gasteiger partial charge in [-0.2, -0.15) is 0 Å². The highest BCUT2D eigenvalue weighted by atomic mass is 79.9. The Morgan fingerprint density at radius 2 is 1.54 bits per heavy atom. The highest BCUT2D eigenvalue weighted by molar-refractivity contribution is 9.10. The van der Waals surface area contributed by atoms with E-state index in [0.29, 0.717) is 12.4 Å². The number of amides is 2. The lowest BCUT2D eigenvalue weighted by Gasteiger charge is -2.34. The van der Waals surface area contributed by atoms with Crippen LogP contribution in [0.1, 0.15) is 43.7 Å². The molecule has 1 aliphatic rings. The summed E-state index contributed by atoms with van der Waals surface area (Å²) < 4.78 is 49.7. The Kier molecular flexibility index (Phi) is 11.9. The molecule has 48 heavy (non-hydrogen) atoms. The Hall–Kier alpha value is -4.22. The molecule has 252 valence electrons. The lowest BCUT2D eigenvalue weighted by atomic mass is 10.0. The van der Waals surface area contributed by atoms with E-state index in [9.17, 15) is 22.4 Å². The predicted octanol–water partition coefficient (Wildman–Crippen LogP) is 6.88. The van der Waals surface area contributed by atoms with Crippen LogP contribution in [0, 0.1) is 5.82 Å². The van der Waals surface area contributed by atoms with Crippen LogP contribution in [0.4, 0.5) is 10.1 Å². The molecule has 0 bridgehead atoms. The van der Waals surface area contributed by atoms with Crippen molar-refractivity contribution < 1.29 is 27.1 Å². The van der Waals surface area contributed by atoms with Gasteiger partial charge in [-0.05, 0) is 91.6 Å². The van der Waals surface area contributed by atoms with Crippen LogP contribution in [0.5, 0.6) is 5.75 Å². The van der Waals surface area contributed by atoms with E-state index in [0.717, 1.165) is 57.7 Å². The number of nitrogens with zero attached hydrogens (tertiary/aromatic N) is 2. The maximum absolute atomic E-state index is 14.6. The molecule has 8 nitrogen and oxygen atoms in total. The molecule has 0 aromatic heterocycles. The normalized spacial score (nSPS) is 13.9. The third kappa shape index (κ3) is 9.02. The molecule has 1 fully saturated rings. The van der Waals surface area contributed by atoms with E-state index in [4.69, 9.17) is 4.74 Å². The molecule has 0 radical (unpaired) electrons. The first-order valence-electron chi connectivity index (χ1n) is 16.0. The first-order chi connectivity index (χ1) is 23.1. The Morgan fingerprint density at radius 3 is 2.17 bits per heavy atom. The van der Waals surface area contributed by atoms with Gasteiger partial charge in [-0.3, -0.25) is 13.9 Å². The third-order valence-corrected chi connectivity index (χ3v) is 10.7. The molecule has 0 saturated heterocycles. The van der Waals surface area contributed by atoms with Gasteiger partial charge in [0.1, 0.15) is 24.2 Å². The van der Waals surface area contributed by atoms with Gasteiger partial charge in [-0.1, -0.05) is 71.2 Å². The number of carbonyl (C=O) groups is 2. The van der Waals surface area contributed by atoms with Crippen LogP contribution in [0.3, 0.4) is 0 Å². The summed E-state index contributed by atoms with van der Waals surface area (Å²) in [6.45, 7) is 1.67. The van der Waals surface area contributed by atoms with E-state index in [1.807, 2.05) is 61.5 Å². The van der Waals surface area contributed by atoms with Crippen molar-refractivity contribution in [1.82, 2.24) is 10.2 Å². The number of ether oxygens (including phenoxy) is 1. The second kappa shape index (κ2) is 16.3. The van der Waals surface area contributed by atoms with Gasteiger partial charge < -0.3 is 15.0 Å². The second-order valence-corrected chi connectivity index (χ2v) is 14.5. The van der Waals surface area contributed by atoms with Crippen LogP contribution in [0.15, 0.2) is 112 Å². The van der Waals surface area contributed by atoms with Crippen molar-refractivity contribution >= 4 is 43.5 Å². The second-order valence-electron chi connectivity index (χ2n) is 11.7. The summed E-state index contributed by atoms with van der Waals surface area (Å²) in [6, 6.07) is 26.8. The van der Waals surface area contributed by atoms with E-state index < -0.39 is 34.3 Å². The zero-order chi connectivity index (χ0) is 34.1. The smallest absolute Gasteiger partial charge is 0.264 e. The van der Waals surface area contributed by atoms with Gasteiger partial charge in [0.05, 0.1) is 17.2 Å². The van der Waals surface area contributed by atoms with Crippen molar-refractivity contribution in [2.24, 2.45) is 0 Å². The minimum absolute atomic E-state index is 0.0103. The lowest BCUT2D eigenvalue weighted by Crippen LogP contribution is -2.54. The quantitative estimate of drug-likeness (QED) is 0.152. The van der Waals surface area contributed by atoms with Crippen LogP contribution in [0.25, 0.3) is 0 Å². The number of hydrogen-bond acceptors (Lipinski definition) is 5. The first kappa shape index (κ1) is 35.1. The summed E-state index contributed by atoms with van der Waals surface area (Å²) in [5, 5.41) is 3.17. The van der Waals surface area contributed by atoms with Crippen molar-refractivity contribution in [1.29, 1.82) is 0 Å². The Bertz CT molecular complexity index is 1770. The summed E-state index contributed by atoms with van der Waals surface area (Å²) in [6.07, 6.45) is 3.99. The monoisotopic (exact) mass is 735 g/mol. The van der Waals surface area contributed by atoms with Crippen molar-refractivity contribution in [3.63, 3.8) is 0 Å². The maximum atomic E-state index is 14.6. The van der Waals surface area contributed by atoms with Gasteiger partial charge >= 0.3 is 0 Å². The molecule has 1 N–H and O–H groups in total. The molecular weight excluding hydrogens is 697 g/mol. The average Bonchev–Trinajstić information content (AvgIpc) is 3.60. The summed E-state index contributed by atoms with van der Waals surface area (Å²) in [5.74, 6) is -0.927. The average molecular weight is 737 g/mol. The number of hydrogen-bond donors (Lipinski definition) is 1. The minimum atomic E-state index is -4.33. The highest BCUT2D eigenvalue weighted by Crippen LogP contribution is 2.27. The number of anilines is 1. The van der Waals surface area contributed by atoms with E-state index in [1.54, 1.807) is 12.1 Å². The van der Waals surface area contributed by atoms with Crippen LogP contribution < -0.4 is 14.4 Å². The molecule has 1 aliphatic carbocycles. The number of rotatable bonds is 14. The highest BCUT2D eigenvalue weighted by Gasteiger charge is 2.35. The topological polar surface area (TPSA) is 96.0 Å². The van der Waals surface area contributed by atoms with Gasteiger partial charge in [0, 0.05) is 23.5 Å². The number of nitrogens with one attached hydrogen (secondary N) is 1. The molecule has 0 heterocycles. The van der Waals surface area contributed by atoms with Crippen LogP contribution in [-0.2, 0) is 32.6 Å².